The molecule has 0 amide bonds. The molecule has 5 heteroatoms. The van der Waals surface area contributed by atoms with E-state index < -0.39 is 6.10 Å². The van der Waals surface area contributed by atoms with Crippen molar-refractivity contribution in [2.24, 2.45) is 0 Å². The van der Waals surface area contributed by atoms with Gasteiger partial charge >= 0.3 is 0 Å². The summed E-state index contributed by atoms with van der Waals surface area (Å²) in [4.78, 5) is 2.34. The van der Waals surface area contributed by atoms with Gasteiger partial charge in [0.15, 0.2) is 0 Å². The van der Waals surface area contributed by atoms with Crippen molar-refractivity contribution in [3.63, 3.8) is 0 Å². The number of nitrogens with one attached hydrogen (secondary N) is 1. The molecule has 120 valence electrons. The van der Waals surface area contributed by atoms with Gasteiger partial charge in [0.05, 0.1) is 20.3 Å². The van der Waals surface area contributed by atoms with Gasteiger partial charge in [0, 0.05) is 25.2 Å². The molecule has 21 heavy (non-hydrogen) atoms. The van der Waals surface area contributed by atoms with E-state index in [0.29, 0.717) is 18.0 Å². The smallest absolute Gasteiger partial charge is 0.124 e. The lowest BCUT2D eigenvalue weighted by atomic mass is 10.1. The first kappa shape index (κ1) is 17.8. The second kappa shape index (κ2) is 9.60. The molecule has 1 atom stereocenters. The van der Waals surface area contributed by atoms with Crippen LogP contribution in [0.15, 0.2) is 18.2 Å². The molecular weight excluding hydrogens is 268 g/mol. The van der Waals surface area contributed by atoms with Crippen molar-refractivity contribution in [1.29, 1.82) is 0 Å². The largest absolute Gasteiger partial charge is 0.497 e. The number of aliphatic hydroxyl groups is 1. The molecule has 0 heterocycles. The first-order chi connectivity index (χ1) is 10.2. The molecule has 0 aliphatic rings. The monoisotopic (exact) mass is 296 g/mol. The van der Waals surface area contributed by atoms with E-state index in [0.717, 1.165) is 31.7 Å². The van der Waals surface area contributed by atoms with Crippen molar-refractivity contribution >= 4 is 0 Å². The van der Waals surface area contributed by atoms with Gasteiger partial charge in [-0.1, -0.05) is 13.8 Å². The number of rotatable bonds is 10. The van der Waals surface area contributed by atoms with E-state index in [2.05, 4.69) is 24.1 Å². The fourth-order valence-electron chi connectivity index (χ4n) is 2.23. The number of ether oxygens (including phenoxy) is 2. The third-order valence-corrected chi connectivity index (χ3v) is 3.63. The fraction of sp³-hybridized carbons (Fsp3) is 0.625. The standard InChI is InChI=1S/C16H28N2O3/c1-5-18(6-2)10-9-17-12-15(19)14-11-13(20-3)7-8-16(14)21-4/h7-8,11,15,17,19H,5-6,9-10,12H2,1-4H3. The molecule has 0 aliphatic carbocycles. The summed E-state index contributed by atoms with van der Waals surface area (Å²) in [6, 6.07) is 5.45. The van der Waals surface area contributed by atoms with E-state index in [4.69, 9.17) is 9.47 Å². The average Bonchev–Trinajstić information content (AvgIpc) is 2.54. The number of nitrogens with zero attached hydrogens (tertiary/aromatic N) is 1. The van der Waals surface area contributed by atoms with Gasteiger partial charge in [-0.2, -0.15) is 0 Å². The van der Waals surface area contributed by atoms with Gasteiger partial charge in [-0.05, 0) is 31.3 Å². The second-order valence-electron chi connectivity index (χ2n) is 4.85. The van der Waals surface area contributed by atoms with Gasteiger partial charge in [0.2, 0.25) is 0 Å². The van der Waals surface area contributed by atoms with Crippen LogP contribution < -0.4 is 14.8 Å². The Morgan fingerprint density at radius 1 is 1.19 bits per heavy atom. The third-order valence-electron chi connectivity index (χ3n) is 3.63. The van der Waals surface area contributed by atoms with E-state index in [-0.39, 0.29) is 0 Å². The first-order valence-corrected chi connectivity index (χ1v) is 7.49. The fourth-order valence-corrected chi connectivity index (χ4v) is 2.23. The maximum Gasteiger partial charge on any atom is 0.124 e. The van der Waals surface area contributed by atoms with Gasteiger partial charge in [0.1, 0.15) is 11.5 Å². The summed E-state index contributed by atoms with van der Waals surface area (Å²) < 4.78 is 10.5. The lowest BCUT2D eigenvalue weighted by Crippen LogP contribution is -2.33. The third kappa shape index (κ3) is 5.53. The van der Waals surface area contributed by atoms with Gasteiger partial charge < -0.3 is 24.8 Å². The predicted molar refractivity (Wildman–Crippen MR) is 85.2 cm³/mol. The molecule has 2 N–H and O–H groups in total. The Labute approximate surface area is 127 Å². The number of hydrogen-bond donors (Lipinski definition) is 2. The van der Waals surface area contributed by atoms with Crippen molar-refractivity contribution < 1.29 is 14.6 Å². The zero-order valence-corrected chi connectivity index (χ0v) is 13.6. The van der Waals surface area contributed by atoms with Gasteiger partial charge in [-0.3, -0.25) is 0 Å². The van der Waals surface area contributed by atoms with Crippen LogP contribution >= 0.6 is 0 Å². The van der Waals surface area contributed by atoms with Crippen LogP contribution in [0.2, 0.25) is 0 Å². The van der Waals surface area contributed by atoms with Crippen LogP contribution in [0.4, 0.5) is 0 Å². The number of likely N-dealkylation sites (N-methyl/N-ethyl adjacent to an activating group) is 1. The SMILES string of the molecule is CCN(CC)CCNCC(O)c1cc(OC)ccc1OC. The number of benzene rings is 1. The van der Waals surface area contributed by atoms with Crippen LogP contribution in [0, 0.1) is 0 Å². The summed E-state index contributed by atoms with van der Waals surface area (Å²) in [6.07, 6.45) is -0.619. The highest BCUT2D eigenvalue weighted by atomic mass is 16.5. The highest BCUT2D eigenvalue weighted by molar-refractivity contribution is 5.41. The Morgan fingerprint density at radius 2 is 1.90 bits per heavy atom. The minimum atomic E-state index is -0.619. The van der Waals surface area contributed by atoms with Crippen LogP contribution in [0.3, 0.4) is 0 Å². The molecule has 5 nitrogen and oxygen atoms in total. The molecule has 0 aliphatic heterocycles. The summed E-state index contributed by atoms with van der Waals surface area (Å²) in [7, 11) is 3.21. The Bertz CT molecular complexity index is 409. The molecule has 0 bridgehead atoms. The van der Waals surface area contributed by atoms with Crippen LogP contribution in [-0.4, -0.2) is 56.9 Å². The zero-order valence-electron chi connectivity index (χ0n) is 13.6. The van der Waals surface area contributed by atoms with Crippen molar-refractivity contribution in [2.75, 3.05) is 46.9 Å². The molecule has 0 radical (unpaired) electrons. The predicted octanol–water partition coefficient (Wildman–Crippen LogP) is 1.67. The number of hydrogen-bond acceptors (Lipinski definition) is 5. The van der Waals surface area contributed by atoms with Crippen molar-refractivity contribution in [2.45, 2.75) is 20.0 Å². The average molecular weight is 296 g/mol. The van der Waals surface area contributed by atoms with Crippen LogP contribution in [0.5, 0.6) is 11.5 Å². The maximum atomic E-state index is 10.3. The van der Waals surface area contributed by atoms with Gasteiger partial charge in [-0.25, -0.2) is 0 Å². The molecule has 0 saturated carbocycles. The maximum absolute atomic E-state index is 10.3. The molecule has 0 aromatic heterocycles. The normalized spacial score (nSPS) is 12.5. The van der Waals surface area contributed by atoms with E-state index in [9.17, 15) is 5.11 Å². The lowest BCUT2D eigenvalue weighted by molar-refractivity contribution is 0.168. The highest BCUT2D eigenvalue weighted by Crippen LogP contribution is 2.28. The Morgan fingerprint density at radius 3 is 2.48 bits per heavy atom. The molecule has 0 fully saturated rings. The van der Waals surface area contributed by atoms with Crippen LogP contribution in [0.25, 0.3) is 0 Å². The highest BCUT2D eigenvalue weighted by Gasteiger charge is 2.14. The van der Waals surface area contributed by atoms with E-state index >= 15 is 0 Å². The summed E-state index contributed by atoms with van der Waals surface area (Å²) >= 11 is 0. The molecule has 1 aromatic carbocycles. The molecule has 1 unspecified atom stereocenters. The van der Waals surface area contributed by atoms with Crippen LogP contribution in [0.1, 0.15) is 25.5 Å². The van der Waals surface area contributed by atoms with Crippen molar-refractivity contribution in [3.8, 4) is 11.5 Å². The van der Waals surface area contributed by atoms with E-state index in [1.54, 1.807) is 14.2 Å². The van der Waals surface area contributed by atoms with Gasteiger partial charge in [0.25, 0.3) is 0 Å². The van der Waals surface area contributed by atoms with Crippen molar-refractivity contribution in [3.05, 3.63) is 23.8 Å². The molecule has 1 aromatic rings. The summed E-state index contributed by atoms with van der Waals surface area (Å²) in [5.41, 5.74) is 0.743. The van der Waals surface area contributed by atoms with E-state index in [1.165, 1.54) is 0 Å². The topological polar surface area (TPSA) is 54.0 Å². The Balaban J connectivity index is 2.53. The Kier molecular flexibility index (Phi) is 8.12. The van der Waals surface area contributed by atoms with Crippen molar-refractivity contribution in [1.82, 2.24) is 10.2 Å². The first-order valence-electron chi connectivity index (χ1n) is 7.49. The number of methoxy groups -OCH3 is 2. The molecule has 0 saturated heterocycles. The summed E-state index contributed by atoms with van der Waals surface area (Å²) in [5.74, 6) is 1.39. The quantitative estimate of drug-likeness (QED) is 0.643. The molecule has 0 spiro atoms. The van der Waals surface area contributed by atoms with E-state index in [1.807, 2.05) is 18.2 Å². The second-order valence-corrected chi connectivity index (χ2v) is 4.85. The Hall–Kier alpha value is -1.30. The lowest BCUT2D eigenvalue weighted by Gasteiger charge is -2.20. The number of aliphatic hydroxyl groups excluding tert-OH is 1. The molecule has 1 rings (SSSR count). The van der Waals surface area contributed by atoms with Crippen LogP contribution in [-0.2, 0) is 0 Å². The minimum absolute atomic E-state index is 0.491. The summed E-state index contributed by atoms with van der Waals surface area (Å²) in [6.45, 7) is 8.72. The summed E-state index contributed by atoms with van der Waals surface area (Å²) in [5, 5.41) is 13.6. The molecular formula is C16H28N2O3. The zero-order chi connectivity index (χ0) is 15.7. The van der Waals surface area contributed by atoms with Gasteiger partial charge in [-0.15, -0.1) is 0 Å². The minimum Gasteiger partial charge on any atom is -0.497 e.